The molecule has 0 saturated carbocycles. The van der Waals surface area contributed by atoms with Crippen LogP contribution < -0.4 is 0 Å². The standard InChI is InChI=1S/C28H30/c1-3-6-23-10-12-25(13-11-23)8-5-9-26-16-20-28(21-17-26)22-27-18-14-24(7-4-2)15-19-27/h3-4,10-21H,1-2,5-9,22H2. The van der Waals surface area contributed by atoms with Gasteiger partial charge in [0.2, 0.25) is 0 Å². The van der Waals surface area contributed by atoms with Crippen molar-refractivity contribution < 1.29 is 0 Å². The van der Waals surface area contributed by atoms with Crippen molar-refractivity contribution in [3.05, 3.63) is 131 Å². The predicted octanol–water partition coefficient (Wildman–Crippen LogP) is 6.91. The number of hydrogen-bond donors (Lipinski definition) is 0. The van der Waals surface area contributed by atoms with Crippen LogP contribution in [0.2, 0.25) is 0 Å². The molecule has 142 valence electrons. The van der Waals surface area contributed by atoms with Crippen molar-refractivity contribution in [3.8, 4) is 0 Å². The molecule has 3 rings (SSSR count). The first-order valence-corrected chi connectivity index (χ1v) is 10.2. The van der Waals surface area contributed by atoms with Crippen LogP contribution in [0, 0.1) is 0 Å². The van der Waals surface area contributed by atoms with E-state index in [4.69, 9.17) is 0 Å². The van der Waals surface area contributed by atoms with E-state index < -0.39 is 0 Å². The second kappa shape index (κ2) is 10.5. The van der Waals surface area contributed by atoms with Gasteiger partial charge in [0.15, 0.2) is 0 Å². The first kappa shape index (κ1) is 19.9. The minimum atomic E-state index is 0.938. The molecular weight excluding hydrogens is 336 g/mol. The van der Waals surface area contributed by atoms with Gasteiger partial charge in [0.05, 0.1) is 0 Å². The number of rotatable bonds is 10. The van der Waals surface area contributed by atoms with E-state index in [0.29, 0.717) is 0 Å². The van der Waals surface area contributed by atoms with E-state index in [-0.39, 0.29) is 0 Å². The molecule has 0 nitrogen and oxygen atoms in total. The van der Waals surface area contributed by atoms with Gasteiger partial charge in [-0.2, -0.15) is 0 Å². The van der Waals surface area contributed by atoms with Crippen LogP contribution in [0.1, 0.15) is 39.8 Å². The van der Waals surface area contributed by atoms with Gasteiger partial charge in [0.1, 0.15) is 0 Å². The van der Waals surface area contributed by atoms with Crippen molar-refractivity contribution in [2.75, 3.05) is 0 Å². The molecule has 0 amide bonds. The summed E-state index contributed by atoms with van der Waals surface area (Å²) < 4.78 is 0. The average Bonchev–Trinajstić information content (AvgIpc) is 2.72. The molecule has 0 aliphatic rings. The molecule has 0 saturated heterocycles. The second-order valence-corrected chi connectivity index (χ2v) is 7.47. The van der Waals surface area contributed by atoms with Gasteiger partial charge in [0, 0.05) is 0 Å². The summed E-state index contributed by atoms with van der Waals surface area (Å²) in [6.07, 6.45) is 10.2. The lowest BCUT2D eigenvalue weighted by atomic mass is 9.99. The zero-order chi connectivity index (χ0) is 19.6. The number of allylic oxidation sites excluding steroid dienone is 2. The van der Waals surface area contributed by atoms with Crippen molar-refractivity contribution in [1.29, 1.82) is 0 Å². The Morgan fingerprint density at radius 2 is 0.786 bits per heavy atom. The Hall–Kier alpha value is -2.86. The molecular formula is C28H30. The summed E-state index contributed by atoms with van der Waals surface area (Å²) in [5, 5.41) is 0. The Morgan fingerprint density at radius 3 is 1.14 bits per heavy atom. The summed E-state index contributed by atoms with van der Waals surface area (Å²) in [6, 6.07) is 26.9. The molecule has 0 aromatic heterocycles. The molecule has 0 bridgehead atoms. The number of hydrogen-bond acceptors (Lipinski definition) is 0. The molecule has 3 aromatic rings. The number of benzene rings is 3. The first-order valence-electron chi connectivity index (χ1n) is 10.2. The smallest absolute Gasteiger partial charge is 0.00258 e. The van der Waals surface area contributed by atoms with E-state index in [1.165, 1.54) is 39.8 Å². The monoisotopic (exact) mass is 366 g/mol. The summed E-state index contributed by atoms with van der Waals surface area (Å²) in [4.78, 5) is 0. The van der Waals surface area contributed by atoms with E-state index >= 15 is 0 Å². The van der Waals surface area contributed by atoms with Crippen molar-refractivity contribution in [2.45, 2.75) is 38.5 Å². The highest BCUT2D eigenvalue weighted by atomic mass is 14.1. The Morgan fingerprint density at radius 1 is 0.464 bits per heavy atom. The van der Waals surface area contributed by atoms with Gasteiger partial charge in [-0.25, -0.2) is 0 Å². The molecule has 0 N–H and O–H groups in total. The van der Waals surface area contributed by atoms with Gasteiger partial charge in [-0.1, -0.05) is 84.9 Å². The quantitative estimate of drug-likeness (QED) is 0.342. The van der Waals surface area contributed by atoms with Crippen LogP contribution in [0.4, 0.5) is 0 Å². The lowest BCUT2D eigenvalue weighted by Crippen LogP contribution is -1.93. The summed E-state index contributed by atoms with van der Waals surface area (Å²) >= 11 is 0. The predicted molar refractivity (Wildman–Crippen MR) is 122 cm³/mol. The third-order valence-corrected chi connectivity index (χ3v) is 5.17. The minimum absolute atomic E-state index is 0.938. The van der Waals surface area contributed by atoms with Crippen LogP contribution in [-0.2, 0) is 32.1 Å². The van der Waals surface area contributed by atoms with Crippen molar-refractivity contribution in [1.82, 2.24) is 0 Å². The Labute approximate surface area is 170 Å². The zero-order valence-electron chi connectivity index (χ0n) is 16.7. The third kappa shape index (κ3) is 6.09. The highest BCUT2D eigenvalue weighted by Crippen LogP contribution is 2.15. The van der Waals surface area contributed by atoms with E-state index in [1.807, 2.05) is 12.2 Å². The molecule has 3 aromatic carbocycles. The molecule has 0 spiro atoms. The molecule has 0 atom stereocenters. The SMILES string of the molecule is C=CCc1ccc(CCCc2ccc(Cc3ccc(CC=C)cc3)cc2)cc1. The van der Waals surface area contributed by atoms with Crippen molar-refractivity contribution >= 4 is 0 Å². The lowest BCUT2D eigenvalue weighted by molar-refractivity contribution is 0.819. The van der Waals surface area contributed by atoms with Crippen molar-refractivity contribution in [3.63, 3.8) is 0 Å². The summed E-state index contributed by atoms with van der Waals surface area (Å²) in [5.74, 6) is 0. The van der Waals surface area contributed by atoms with Gasteiger partial charge in [-0.3, -0.25) is 0 Å². The summed E-state index contributed by atoms with van der Waals surface area (Å²) in [6.45, 7) is 7.60. The van der Waals surface area contributed by atoms with Crippen LogP contribution in [-0.4, -0.2) is 0 Å². The highest BCUT2D eigenvalue weighted by molar-refractivity contribution is 5.31. The molecule has 0 fully saturated rings. The fourth-order valence-corrected chi connectivity index (χ4v) is 3.52. The molecule has 28 heavy (non-hydrogen) atoms. The van der Waals surface area contributed by atoms with Gasteiger partial charge < -0.3 is 0 Å². The average molecular weight is 367 g/mol. The van der Waals surface area contributed by atoms with E-state index in [2.05, 4.69) is 86.0 Å². The van der Waals surface area contributed by atoms with E-state index in [0.717, 1.165) is 32.1 Å². The molecule has 0 aliphatic carbocycles. The molecule has 0 heterocycles. The lowest BCUT2D eigenvalue weighted by Gasteiger charge is -2.07. The minimum Gasteiger partial charge on any atom is -0.103 e. The molecule has 0 radical (unpaired) electrons. The second-order valence-electron chi connectivity index (χ2n) is 7.47. The van der Waals surface area contributed by atoms with Crippen molar-refractivity contribution in [2.24, 2.45) is 0 Å². The fourth-order valence-electron chi connectivity index (χ4n) is 3.52. The molecule has 0 heteroatoms. The maximum atomic E-state index is 3.80. The summed E-state index contributed by atoms with van der Waals surface area (Å²) in [7, 11) is 0. The topological polar surface area (TPSA) is 0 Å². The molecule has 0 unspecified atom stereocenters. The van der Waals surface area contributed by atoms with Gasteiger partial charge in [-0.15, -0.1) is 13.2 Å². The maximum absolute atomic E-state index is 3.80. The van der Waals surface area contributed by atoms with Crippen LogP contribution in [0.5, 0.6) is 0 Å². The van der Waals surface area contributed by atoms with E-state index in [1.54, 1.807) is 0 Å². The van der Waals surface area contributed by atoms with Crippen LogP contribution >= 0.6 is 0 Å². The zero-order valence-corrected chi connectivity index (χ0v) is 16.7. The van der Waals surface area contributed by atoms with Crippen LogP contribution in [0.3, 0.4) is 0 Å². The van der Waals surface area contributed by atoms with Gasteiger partial charge in [-0.05, 0) is 71.9 Å². The number of aryl methyl sites for hydroxylation is 2. The normalized spacial score (nSPS) is 10.6. The highest BCUT2D eigenvalue weighted by Gasteiger charge is 2.00. The largest absolute Gasteiger partial charge is 0.103 e. The van der Waals surface area contributed by atoms with Gasteiger partial charge in [0.25, 0.3) is 0 Å². The fraction of sp³-hybridized carbons (Fsp3) is 0.214. The summed E-state index contributed by atoms with van der Waals surface area (Å²) in [5.41, 5.74) is 8.24. The Kier molecular flexibility index (Phi) is 7.44. The maximum Gasteiger partial charge on any atom is -0.00258 e. The molecule has 0 aliphatic heterocycles. The Balaban J connectivity index is 1.47. The first-order chi connectivity index (χ1) is 13.8. The Bertz CT molecular complexity index is 865. The van der Waals surface area contributed by atoms with E-state index in [9.17, 15) is 0 Å². The third-order valence-electron chi connectivity index (χ3n) is 5.17. The van der Waals surface area contributed by atoms with Crippen LogP contribution in [0.15, 0.2) is 98.1 Å². The van der Waals surface area contributed by atoms with Gasteiger partial charge >= 0.3 is 0 Å². The van der Waals surface area contributed by atoms with Crippen LogP contribution in [0.25, 0.3) is 0 Å².